The van der Waals surface area contributed by atoms with Crippen LogP contribution in [-0.2, 0) is 13.6 Å². The first kappa shape index (κ1) is 14.1. The molecular formula is C16H16N4O2. The summed E-state index contributed by atoms with van der Waals surface area (Å²) in [6, 6.07) is 11.2. The standard InChI is InChI=1S/C16H16N4O2/c1-20-13-8-4-3-7-12(13)19-14(20)10-18-15(21)11-6-5-9-17-16(11)22-2/h3-9H,10H2,1-2H3,(H,18,21). The first-order chi connectivity index (χ1) is 10.7. The highest BCUT2D eigenvalue weighted by molar-refractivity contribution is 5.96. The van der Waals surface area contributed by atoms with Crippen LogP contribution in [0.2, 0.25) is 0 Å². The number of nitrogens with zero attached hydrogens (tertiary/aromatic N) is 3. The quantitative estimate of drug-likeness (QED) is 0.798. The van der Waals surface area contributed by atoms with Gasteiger partial charge in [0.15, 0.2) is 0 Å². The number of nitrogens with one attached hydrogen (secondary N) is 1. The SMILES string of the molecule is COc1ncccc1C(=O)NCc1nc2ccccc2n1C. The molecule has 3 rings (SSSR count). The molecule has 112 valence electrons. The Morgan fingerprint density at radius 2 is 2.09 bits per heavy atom. The third kappa shape index (κ3) is 2.50. The summed E-state index contributed by atoms with van der Waals surface area (Å²) in [7, 11) is 3.42. The zero-order valence-electron chi connectivity index (χ0n) is 12.4. The summed E-state index contributed by atoms with van der Waals surface area (Å²) in [5.74, 6) is 0.861. The van der Waals surface area contributed by atoms with Crippen molar-refractivity contribution in [2.75, 3.05) is 7.11 Å². The van der Waals surface area contributed by atoms with Crippen LogP contribution in [-0.4, -0.2) is 27.6 Å². The van der Waals surface area contributed by atoms with Crippen molar-refractivity contribution in [1.29, 1.82) is 0 Å². The minimum Gasteiger partial charge on any atom is -0.480 e. The minimum atomic E-state index is -0.239. The fraction of sp³-hybridized carbons (Fsp3) is 0.188. The molecule has 0 unspecified atom stereocenters. The number of fused-ring (bicyclic) bond motifs is 1. The molecule has 0 radical (unpaired) electrons. The molecule has 6 heteroatoms. The van der Waals surface area contributed by atoms with Gasteiger partial charge in [-0.25, -0.2) is 9.97 Å². The number of imidazole rings is 1. The van der Waals surface area contributed by atoms with Crippen molar-refractivity contribution in [3.63, 3.8) is 0 Å². The highest BCUT2D eigenvalue weighted by Crippen LogP contribution is 2.15. The van der Waals surface area contributed by atoms with E-state index < -0.39 is 0 Å². The first-order valence-corrected chi connectivity index (χ1v) is 6.88. The average Bonchev–Trinajstić information content (AvgIpc) is 2.89. The fourth-order valence-corrected chi connectivity index (χ4v) is 2.33. The zero-order valence-corrected chi connectivity index (χ0v) is 12.4. The third-order valence-electron chi connectivity index (χ3n) is 3.50. The smallest absolute Gasteiger partial charge is 0.257 e. The lowest BCUT2D eigenvalue weighted by molar-refractivity contribution is 0.0946. The molecule has 0 atom stereocenters. The molecule has 0 aliphatic rings. The average molecular weight is 296 g/mol. The molecule has 3 aromatic rings. The summed E-state index contributed by atoms with van der Waals surface area (Å²) in [6.07, 6.45) is 1.58. The Morgan fingerprint density at radius 1 is 1.27 bits per heavy atom. The summed E-state index contributed by atoms with van der Waals surface area (Å²) >= 11 is 0. The number of hydrogen-bond acceptors (Lipinski definition) is 4. The van der Waals surface area contributed by atoms with Crippen LogP contribution in [0.1, 0.15) is 16.2 Å². The number of benzene rings is 1. The maximum Gasteiger partial charge on any atom is 0.257 e. The van der Waals surface area contributed by atoms with E-state index in [1.54, 1.807) is 18.3 Å². The number of amides is 1. The summed E-state index contributed by atoms with van der Waals surface area (Å²) in [4.78, 5) is 20.8. The van der Waals surface area contributed by atoms with Gasteiger partial charge in [-0.1, -0.05) is 12.1 Å². The van der Waals surface area contributed by atoms with Gasteiger partial charge < -0.3 is 14.6 Å². The van der Waals surface area contributed by atoms with Crippen LogP contribution in [0, 0.1) is 0 Å². The molecule has 0 aliphatic heterocycles. The van der Waals surface area contributed by atoms with E-state index >= 15 is 0 Å². The van der Waals surface area contributed by atoms with E-state index in [-0.39, 0.29) is 5.91 Å². The lowest BCUT2D eigenvalue weighted by atomic mass is 10.2. The molecule has 6 nitrogen and oxygen atoms in total. The van der Waals surface area contributed by atoms with E-state index in [2.05, 4.69) is 15.3 Å². The minimum absolute atomic E-state index is 0.239. The first-order valence-electron chi connectivity index (χ1n) is 6.88. The number of carbonyl (C=O) groups is 1. The zero-order chi connectivity index (χ0) is 15.5. The predicted octanol–water partition coefficient (Wildman–Crippen LogP) is 1.91. The highest BCUT2D eigenvalue weighted by Gasteiger charge is 2.14. The predicted molar refractivity (Wildman–Crippen MR) is 82.7 cm³/mol. The molecule has 1 aromatic carbocycles. The summed E-state index contributed by atoms with van der Waals surface area (Å²) < 4.78 is 7.07. The van der Waals surface area contributed by atoms with Gasteiger partial charge in [0.2, 0.25) is 5.88 Å². The van der Waals surface area contributed by atoms with Crippen molar-refractivity contribution in [1.82, 2.24) is 19.9 Å². The van der Waals surface area contributed by atoms with Gasteiger partial charge in [-0.05, 0) is 24.3 Å². The van der Waals surface area contributed by atoms with Crippen LogP contribution < -0.4 is 10.1 Å². The number of rotatable bonds is 4. The molecule has 0 aliphatic carbocycles. The van der Waals surface area contributed by atoms with Crippen LogP contribution in [0.25, 0.3) is 11.0 Å². The van der Waals surface area contributed by atoms with E-state index in [0.29, 0.717) is 18.0 Å². The Kier molecular flexibility index (Phi) is 3.74. The van der Waals surface area contributed by atoms with Crippen molar-refractivity contribution in [3.8, 4) is 5.88 Å². The Hall–Kier alpha value is -2.89. The van der Waals surface area contributed by atoms with Crippen LogP contribution >= 0.6 is 0 Å². The third-order valence-corrected chi connectivity index (χ3v) is 3.50. The highest BCUT2D eigenvalue weighted by atomic mass is 16.5. The normalized spacial score (nSPS) is 10.6. The van der Waals surface area contributed by atoms with E-state index in [9.17, 15) is 4.79 Å². The Balaban J connectivity index is 1.79. The van der Waals surface area contributed by atoms with Gasteiger partial charge in [0.25, 0.3) is 5.91 Å². The van der Waals surface area contributed by atoms with Crippen LogP contribution in [0.15, 0.2) is 42.6 Å². The van der Waals surface area contributed by atoms with Gasteiger partial charge in [-0.2, -0.15) is 0 Å². The van der Waals surface area contributed by atoms with E-state index in [4.69, 9.17) is 4.74 Å². The van der Waals surface area contributed by atoms with Crippen LogP contribution in [0.3, 0.4) is 0 Å². The number of ether oxygens (including phenoxy) is 1. The van der Waals surface area contributed by atoms with Crippen molar-refractivity contribution in [2.24, 2.45) is 7.05 Å². The van der Waals surface area contributed by atoms with Gasteiger partial charge in [0.05, 0.1) is 24.7 Å². The molecule has 22 heavy (non-hydrogen) atoms. The number of hydrogen-bond donors (Lipinski definition) is 1. The van der Waals surface area contributed by atoms with Gasteiger partial charge in [0.1, 0.15) is 11.4 Å². The largest absolute Gasteiger partial charge is 0.480 e. The van der Waals surface area contributed by atoms with Gasteiger partial charge in [-0.15, -0.1) is 0 Å². The van der Waals surface area contributed by atoms with Crippen LogP contribution in [0.5, 0.6) is 5.88 Å². The Morgan fingerprint density at radius 3 is 2.86 bits per heavy atom. The molecule has 2 aromatic heterocycles. The second kappa shape index (κ2) is 5.85. The molecular weight excluding hydrogens is 280 g/mol. The topological polar surface area (TPSA) is 69.0 Å². The Labute approximate surface area is 127 Å². The summed E-state index contributed by atoms with van der Waals surface area (Å²) in [5, 5.41) is 2.85. The van der Waals surface area contributed by atoms with E-state index in [1.165, 1.54) is 7.11 Å². The van der Waals surface area contributed by atoms with Crippen molar-refractivity contribution < 1.29 is 9.53 Å². The van der Waals surface area contributed by atoms with Crippen LogP contribution in [0.4, 0.5) is 0 Å². The number of aromatic nitrogens is 3. The monoisotopic (exact) mass is 296 g/mol. The second-order valence-electron chi connectivity index (χ2n) is 4.82. The number of aryl methyl sites for hydroxylation is 1. The molecule has 0 spiro atoms. The molecule has 0 saturated carbocycles. The van der Waals surface area contributed by atoms with Crippen molar-refractivity contribution >= 4 is 16.9 Å². The molecule has 0 saturated heterocycles. The summed E-state index contributed by atoms with van der Waals surface area (Å²) in [5.41, 5.74) is 2.35. The molecule has 2 heterocycles. The fourth-order valence-electron chi connectivity index (χ4n) is 2.33. The number of carbonyl (C=O) groups excluding carboxylic acids is 1. The maximum absolute atomic E-state index is 12.3. The molecule has 0 bridgehead atoms. The lowest BCUT2D eigenvalue weighted by Gasteiger charge is -2.08. The van der Waals surface area contributed by atoms with Gasteiger partial charge in [0, 0.05) is 13.2 Å². The summed E-state index contributed by atoms with van der Waals surface area (Å²) in [6.45, 7) is 0.335. The lowest BCUT2D eigenvalue weighted by Crippen LogP contribution is -2.25. The van der Waals surface area contributed by atoms with E-state index in [0.717, 1.165) is 16.9 Å². The maximum atomic E-state index is 12.3. The number of methoxy groups -OCH3 is 1. The van der Waals surface area contributed by atoms with Gasteiger partial charge >= 0.3 is 0 Å². The Bertz CT molecular complexity index is 826. The van der Waals surface area contributed by atoms with Crippen molar-refractivity contribution in [3.05, 3.63) is 54.0 Å². The number of pyridine rings is 1. The number of para-hydroxylation sites is 2. The second-order valence-corrected chi connectivity index (χ2v) is 4.82. The van der Waals surface area contributed by atoms with Gasteiger partial charge in [-0.3, -0.25) is 4.79 Å². The molecule has 1 amide bonds. The molecule has 1 N–H and O–H groups in total. The molecule has 0 fully saturated rings. The van der Waals surface area contributed by atoms with Crippen molar-refractivity contribution in [2.45, 2.75) is 6.54 Å². The van der Waals surface area contributed by atoms with E-state index in [1.807, 2.05) is 35.9 Å².